The molecule has 104 valence electrons. The van der Waals surface area contributed by atoms with E-state index in [1.54, 1.807) is 0 Å². The summed E-state index contributed by atoms with van der Waals surface area (Å²) in [5.41, 5.74) is 0.0741. The molecule has 3 nitrogen and oxygen atoms in total. The molecule has 4 atom stereocenters. The maximum Gasteiger partial charge on any atom is 0.135 e. The van der Waals surface area contributed by atoms with Crippen molar-refractivity contribution >= 4 is 0 Å². The summed E-state index contributed by atoms with van der Waals surface area (Å²) in [6, 6.07) is 0. The highest BCUT2D eigenvalue weighted by atomic mass is 16.5. The second-order valence-electron chi connectivity index (χ2n) is 6.43. The molecule has 0 aromatic rings. The molecule has 1 heterocycles. The summed E-state index contributed by atoms with van der Waals surface area (Å²) in [6.07, 6.45) is 5.68. The molecule has 0 amide bonds. The normalized spacial score (nSPS) is 40.2. The van der Waals surface area contributed by atoms with E-state index in [0.717, 1.165) is 18.9 Å². The average Bonchev–Trinajstić information content (AvgIpc) is 2.32. The summed E-state index contributed by atoms with van der Waals surface area (Å²) in [7, 11) is 0. The van der Waals surface area contributed by atoms with Crippen LogP contribution in [0.1, 0.15) is 40.0 Å². The third-order valence-electron chi connectivity index (χ3n) is 4.86. The minimum Gasteiger partial charge on any atom is -0.392 e. The lowest BCUT2D eigenvalue weighted by atomic mass is 9.70. The van der Waals surface area contributed by atoms with Crippen LogP contribution in [0.5, 0.6) is 0 Å². The van der Waals surface area contributed by atoms with Crippen LogP contribution in [-0.4, -0.2) is 41.0 Å². The first-order valence-electron chi connectivity index (χ1n) is 7.14. The monoisotopic (exact) mass is 253 g/mol. The Morgan fingerprint density at radius 3 is 2.78 bits per heavy atom. The molecule has 0 unspecified atom stereocenters. The highest BCUT2D eigenvalue weighted by molar-refractivity contribution is 5.01. The minimum atomic E-state index is -0.176. The fourth-order valence-electron chi connectivity index (χ4n) is 3.78. The van der Waals surface area contributed by atoms with Crippen LogP contribution >= 0.6 is 0 Å². The van der Waals surface area contributed by atoms with Gasteiger partial charge in [-0.25, -0.2) is 0 Å². The standard InChI is InChI=1S/C15H27NO2/c1-5-8-16-14(10-17)18-13-9-11(2)6-7-12(13)15(16,3)4/h5,11-14,17H,1,6-10H2,2-4H3/t11-,12-,13-,14+/m1/s1. The fourth-order valence-corrected chi connectivity index (χ4v) is 3.78. The lowest BCUT2D eigenvalue weighted by Gasteiger charge is -2.56. The van der Waals surface area contributed by atoms with Gasteiger partial charge in [0.2, 0.25) is 0 Å². The molecule has 3 heteroatoms. The molecular formula is C15H27NO2. The van der Waals surface area contributed by atoms with Crippen molar-refractivity contribution in [3.8, 4) is 0 Å². The van der Waals surface area contributed by atoms with Crippen LogP contribution in [0, 0.1) is 11.8 Å². The van der Waals surface area contributed by atoms with Crippen molar-refractivity contribution in [2.45, 2.75) is 57.9 Å². The molecule has 0 bridgehead atoms. The second-order valence-corrected chi connectivity index (χ2v) is 6.43. The van der Waals surface area contributed by atoms with Crippen molar-refractivity contribution < 1.29 is 9.84 Å². The summed E-state index contributed by atoms with van der Waals surface area (Å²) in [4.78, 5) is 2.26. The van der Waals surface area contributed by atoms with Crippen molar-refractivity contribution in [3.63, 3.8) is 0 Å². The van der Waals surface area contributed by atoms with Crippen molar-refractivity contribution in [3.05, 3.63) is 12.7 Å². The third kappa shape index (κ3) is 2.36. The fraction of sp³-hybridized carbons (Fsp3) is 0.867. The SMILES string of the molecule is C=CCN1[C@H](CO)O[C@@H]2C[C@H](C)CC[C@H]2C1(C)C. The molecular weight excluding hydrogens is 226 g/mol. The van der Waals surface area contributed by atoms with E-state index in [1.165, 1.54) is 12.8 Å². The van der Waals surface area contributed by atoms with Crippen LogP contribution in [0.2, 0.25) is 0 Å². The summed E-state index contributed by atoms with van der Waals surface area (Å²) in [5.74, 6) is 1.31. The van der Waals surface area contributed by atoms with Gasteiger partial charge in [-0.15, -0.1) is 6.58 Å². The van der Waals surface area contributed by atoms with E-state index in [9.17, 15) is 5.11 Å². The van der Waals surface area contributed by atoms with Crippen LogP contribution in [0.15, 0.2) is 12.7 Å². The maximum atomic E-state index is 9.58. The number of fused-ring (bicyclic) bond motifs is 1. The molecule has 1 N–H and O–H groups in total. The van der Waals surface area contributed by atoms with E-state index < -0.39 is 0 Å². The van der Waals surface area contributed by atoms with E-state index in [0.29, 0.717) is 12.0 Å². The van der Waals surface area contributed by atoms with E-state index in [1.807, 2.05) is 6.08 Å². The van der Waals surface area contributed by atoms with Gasteiger partial charge in [-0.3, -0.25) is 4.90 Å². The lowest BCUT2D eigenvalue weighted by Crippen LogP contribution is -2.65. The van der Waals surface area contributed by atoms with Crippen molar-refractivity contribution in [2.75, 3.05) is 13.2 Å². The Balaban J connectivity index is 2.22. The van der Waals surface area contributed by atoms with Gasteiger partial charge in [-0.1, -0.05) is 19.4 Å². The minimum absolute atomic E-state index is 0.0644. The van der Waals surface area contributed by atoms with Crippen molar-refractivity contribution in [1.29, 1.82) is 0 Å². The zero-order valence-corrected chi connectivity index (χ0v) is 11.9. The predicted molar refractivity (Wildman–Crippen MR) is 73.2 cm³/mol. The Hall–Kier alpha value is -0.380. The Labute approximate surface area is 111 Å². The highest BCUT2D eigenvalue weighted by Crippen LogP contribution is 2.44. The second kappa shape index (κ2) is 5.32. The summed E-state index contributed by atoms with van der Waals surface area (Å²) in [6.45, 7) is 11.5. The van der Waals surface area contributed by atoms with E-state index in [-0.39, 0.29) is 18.4 Å². The molecule has 0 aromatic heterocycles. The molecule has 2 fully saturated rings. The smallest absolute Gasteiger partial charge is 0.135 e. The molecule has 0 radical (unpaired) electrons. The number of aliphatic hydroxyl groups excluding tert-OH is 1. The molecule has 2 aliphatic rings. The Bertz CT molecular complexity index is 303. The zero-order chi connectivity index (χ0) is 13.3. The number of hydrogen-bond donors (Lipinski definition) is 1. The number of hydrogen-bond acceptors (Lipinski definition) is 3. The van der Waals surface area contributed by atoms with Gasteiger partial charge in [0.15, 0.2) is 0 Å². The van der Waals surface area contributed by atoms with Gasteiger partial charge in [-0.05, 0) is 32.6 Å². The molecule has 1 saturated heterocycles. The number of rotatable bonds is 3. The molecule has 18 heavy (non-hydrogen) atoms. The van der Waals surface area contributed by atoms with Crippen LogP contribution in [-0.2, 0) is 4.74 Å². The van der Waals surface area contributed by atoms with Crippen LogP contribution in [0.4, 0.5) is 0 Å². The Morgan fingerprint density at radius 2 is 2.17 bits per heavy atom. The number of nitrogens with zero attached hydrogens (tertiary/aromatic N) is 1. The van der Waals surface area contributed by atoms with Gasteiger partial charge in [0, 0.05) is 18.0 Å². The largest absolute Gasteiger partial charge is 0.392 e. The number of aliphatic hydroxyl groups is 1. The molecule has 1 aliphatic carbocycles. The van der Waals surface area contributed by atoms with Crippen LogP contribution < -0.4 is 0 Å². The number of ether oxygens (including phenoxy) is 1. The zero-order valence-electron chi connectivity index (χ0n) is 11.9. The van der Waals surface area contributed by atoms with E-state index in [4.69, 9.17) is 4.74 Å². The highest BCUT2D eigenvalue weighted by Gasteiger charge is 2.49. The van der Waals surface area contributed by atoms with Crippen molar-refractivity contribution in [1.82, 2.24) is 4.90 Å². The molecule has 0 spiro atoms. The van der Waals surface area contributed by atoms with E-state index >= 15 is 0 Å². The van der Waals surface area contributed by atoms with Gasteiger partial charge >= 0.3 is 0 Å². The first kappa shape index (κ1) is 14.0. The van der Waals surface area contributed by atoms with Gasteiger partial charge in [0.05, 0.1) is 12.7 Å². The predicted octanol–water partition coefficient (Wildman–Crippen LogP) is 2.41. The topological polar surface area (TPSA) is 32.7 Å². The molecule has 0 aromatic carbocycles. The average molecular weight is 253 g/mol. The van der Waals surface area contributed by atoms with E-state index in [2.05, 4.69) is 32.3 Å². The van der Waals surface area contributed by atoms with Crippen LogP contribution in [0.3, 0.4) is 0 Å². The summed E-state index contributed by atoms with van der Waals surface area (Å²) >= 11 is 0. The summed E-state index contributed by atoms with van der Waals surface area (Å²) < 4.78 is 6.14. The van der Waals surface area contributed by atoms with Gasteiger partial charge < -0.3 is 9.84 Å². The molecule has 2 rings (SSSR count). The summed E-state index contributed by atoms with van der Waals surface area (Å²) in [5, 5.41) is 9.58. The Kier molecular flexibility index (Phi) is 4.15. The lowest BCUT2D eigenvalue weighted by molar-refractivity contribution is -0.239. The third-order valence-corrected chi connectivity index (χ3v) is 4.86. The first-order valence-corrected chi connectivity index (χ1v) is 7.14. The maximum absolute atomic E-state index is 9.58. The van der Waals surface area contributed by atoms with Gasteiger partial charge in [0.25, 0.3) is 0 Å². The quantitative estimate of drug-likeness (QED) is 0.784. The van der Waals surface area contributed by atoms with Crippen LogP contribution in [0.25, 0.3) is 0 Å². The molecule has 1 aliphatic heterocycles. The molecule has 1 saturated carbocycles. The van der Waals surface area contributed by atoms with Gasteiger partial charge in [0.1, 0.15) is 6.23 Å². The van der Waals surface area contributed by atoms with Gasteiger partial charge in [-0.2, -0.15) is 0 Å². The van der Waals surface area contributed by atoms with Crippen molar-refractivity contribution in [2.24, 2.45) is 11.8 Å². The Morgan fingerprint density at radius 1 is 1.44 bits per heavy atom. The first-order chi connectivity index (χ1) is 8.50.